The molecule has 0 radical (unpaired) electrons. The number of allylic oxidation sites excluding steroid dienone is 2. The third-order valence-corrected chi connectivity index (χ3v) is 24.1. The lowest BCUT2D eigenvalue weighted by atomic mass is 9.68. The molecule has 2 spiro atoms. The maximum atomic E-state index is 13.5. The Morgan fingerprint density at radius 2 is 0.989 bits per heavy atom. The van der Waals surface area contributed by atoms with Crippen molar-refractivity contribution in [1.29, 1.82) is 0 Å². The molecule has 16 nitrogen and oxygen atoms in total. The number of ether oxygens (including phenoxy) is 2. The summed E-state index contributed by atoms with van der Waals surface area (Å²) < 4.78 is 71.6. The Kier molecular flexibility index (Phi) is 18.6. The zero-order valence-corrected chi connectivity index (χ0v) is 54.1. The first-order chi connectivity index (χ1) is 41.7. The van der Waals surface area contributed by atoms with E-state index in [1.54, 1.807) is 76.2 Å². The van der Waals surface area contributed by atoms with Crippen molar-refractivity contribution >= 4 is 66.4 Å². The maximum absolute atomic E-state index is 13.5. The third kappa shape index (κ3) is 14.1. The van der Waals surface area contributed by atoms with Crippen molar-refractivity contribution in [3.63, 3.8) is 0 Å². The quantitative estimate of drug-likeness (QED) is 0.104. The summed E-state index contributed by atoms with van der Waals surface area (Å²) in [5.74, 6) is 0.568. The number of anilines is 2. The molecule has 4 heterocycles. The zero-order chi connectivity index (χ0) is 62.6. The van der Waals surface area contributed by atoms with Crippen LogP contribution in [-0.4, -0.2) is 122 Å². The molecule has 4 bridgehead atoms. The molecule has 2 amide bonds. The molecule has 476 valence electrons. The molecule has 10 atom stereocenters. The highest BCUT2D eigenvalue weighted by molar-refractivity contribution is 7.91. The highest BCUT2D eigenvalue weighted by atomic mass is 35.5. The molecule has 0 aromatic heterocycles. The average Bonchev–Trinajstić information content (AvgIpc) is 1.92. The Bertz CT molecular complexity index is 3340. The van der Waals surface area contributed by atoms with Gasteiger partial charge in [0.15, 0.2) is 0 Å². The molecule has 4 aliphatic heterocycles. The summed E-state index contributed by atoms with van der Waals surface area (Å²) in [7, 11) is -8.23. The normalized spacial score (nSPS) is 31.0. The van der Waals surface area contributed by atoms with Crippen molar-refractivity contribution in [2.45, 2.75) is 175 Å². The van der Waals surface area contributed by atoms with Gasteiger partial charge in [0, 0.05) is 58.2 Å². The first kappa shape index (κ1) is 64.4. The summed E-state index contributed by atoms with van der Waals surface area (Å²) in [6.07, 6.45) is 16.8. The molecule has 4 aromatic rings. The van der Waals surface area contributed by atoms with Crippen LogP contribution in [0.1, 0.15) is 161 Å². The van der Waals surface area contributed by atoms with E-state index in [1.807, 2.05) is 24.3 Å². The van der Waals surface area contributed by atoms with E-state index in [4.69, 9.17) is 32.7 Å². The highest BCUT2D eigenvalue weighted by Gasteiger charge is 2.47. The van der Waals surface area contributed by atoms with Crippen molar-refractivity contribution in [2.75, 3.05) is 49.2 Å². The Balaban J connectivity index is 0.000000182. The van der Waals surface area contributed by atoms with Crippen LogP contribution >= 0.6 is 23.2 Å². The Morgan fingerprint density at radius 3 is 1.36 bits per heavy atom. The first-order valence-electron chi connectivity index (χ1n) is 31.5. The minimum absolute atomic E-state index is 0.0305. The number of rotatable bonds is 4. The smallest absolute Gasteiger partial charge is 0.264 e. The largest absolute Gasteiger partial charge is 0.490 e. The summed E-state index contributed by atoms with van der Waals surface area (Å²) in [5, 5.41) is 42.7. The van der Waals surface area contributed by atoms with Gasteiger partial charge >= 0.3 is 0 Å². The number of nitrogens with one attached hydrogen (secondary N) is 2. The number of aryl methyl sites for hydroxylation is 2. The molecule has 0 saturated heterocycles. The lowest BCUT2D eigenvalue weighted by molar-refractivity contribution is 0.0454. The number of sulfonamides is 2. The van der Waals surface area contributed by atoms with Gasteiger partial charge in [0.2, 0.25) is 20.0 Å². The second-order valence-corrected chi connectivity index (χ2v) is 32.6. The topological polar surface area (TPSA) is 232 Å². The number of nitrogens with zero attached hydrogens (tertiary/aromatic N) is 2. The number of fused-ring (bicyclic) bond motifs is 8. The number of hydrogen-bond acceptors (Lipinski definition) is 14. The highest BCUT2D eigenvalue weighted by Crippen LogP contribution is 2.49. The molecule has 6 N–H and O–H groups in total. The number of hydrogen-bond donors (Lipinski definition) is 6. The number of carbonyl (C=O) groups is 2. The van der Waals surface area contributed by atoms with Gasteiger partial charge in [-0.05, 0) is 237 Å². The summed E-state index contributed by atoms with van der Waals surface area (Å²) in [6.45, 7) is 9.91. The fourth-order valence-electron chi connectivity index (χ4n) is 15.3. The monoisotopic (exact) mass is 1280 g/mol. The Hall–Kier alpha value is -5.18. The second-order valence-electron chi connectivity index (χ2n) is 27.8. The van der Waals surface area contributed by atoms with Gasteiger partial charge in [0.25, 0.3) is 11.8 Å². The van der Waals surface area contributed by atoms with Gasteiger partial charge in [-0.1, -0.05) is 59.6 Å². The van der Waals surface area contributed by atoms with Gasteiger partial charge < -0.3 is 39.7 Å². The van der Waals surface area contributed by atoms with Gasteiger partial charge in [-0.3, -0.25) is 9.59 Å². The second kappa shape index (κ2) is 25.5. The van der Waals surface area contributed by atoms with Crippen LogP contribution < -0.4 is 28.7 Å². The Labute approximate surface area is 529 Å². The number of benzene rings is 4. The van der Waals surface area contributed by atoms with Crippen molar-refractivity contribution in [2.24, 2.45) is 23.7 Å². The lowest BCUT2D eigenvalue weighted by Gasteiger charge is -2.45. The summed E-state index contributed by atoms with van der Waals surface area (Å²) in [4.78, 5) is 31.6. The van der Waals surface area contributed by atoms with E-state index < -0.39 is 65.8 Å². The molecule has 2 saturated carbocycles. The minimum atomic E-state index is -4.12. The van der Waals surface area contributed by atoms with Crippen LogP contribution in [0.25, 0.3) is 0 Å². The standard InChI is InChI=1S/2C34H43ClN2O6S/c2*1-33(2,40)18-26-7-3-4-8-30(38)27-12-9-24(27)19-37-20-34(15-5-6-22-16-25(35)11-13-28(22)34)21-43-31-14-10-23(17-29(31)37)32(39)36-44(26,41)42/h2*4,8,10-11,13-14,16-17,24,26-27,30,38,40H,3,5-7,9,12,15,18-21H2,1-2H3,(H,36,39)/b2*8-4+/t24-,26+,27+,30-,34-;24-,26-,27+,30-,34-/m00/s1. The summed E-state index contributed by atoms with van der Waals surface area (Å²) in [5.41, 5.74) is 3.86. The molecule has 4 aromatic carbocycles. The van der Waals surface area contributed by atoms with Crippen LogP contribution in [-0.2, 0) is 43.7 Å². The van der Waals surface area contributed by atoms with Crippen molar-refractivity contribution in [1.82, 2.24) is 9.44 Å². The van der Waals surface area contributed by atoms with E-state index in [-0.39, 0.29) is 71.3 Å². The first-order valence-corrected chi connectivity index (χ1v) is 35.4. The summed E-state index contributed by atoms with van der Waals surface area (Å²) >= 11 is 12.8. The number of amides is 2. The van der Waals surface area contributed by atoms with E-state index in [2.05, 4.69) is 43.5 Å². The van der Waals surface area contributed by atoms with Crippen LogP contribution in [0.3, 0.4) is 0 Å². The number of aliphatic hydroxyl groups is 4. The molecule has 12 rings (SSSR count). The molecular weight excluding hydrogens is 1200 g/mol. The number of halogens is 2. The molecular formula is C68H86Cl2N4O12S2. The lowest BCUT2D eigenvalue weighted by Crippen LogP contribution is -2.49. The van der Waals surface area contributed by atoms with Crippen LogP contribution in [0.2, 0.25) is 10.0 Å². The van der Waals surface area contributed by atoms with E-state index in [1.165, 1.54) is 22.3 Å². The van der Waals surface area contributed by atoms with Crippen LogP contribution in [0.5, 0.6) is 11.5 Å². The molecule has 20 heteroatoms. The minimum Gasteiger partial charge on any atom is -0.490 e. The van der Waals surface area contributed by atoms with Crippen molar-refractivity contribution in [3.8, 4) is 11.5 Å². The zero-order valence-electron chi connectivity index (χ0n) is 50.9. The van der Waals surface area contributed by atoms with Crippen LogP contribution in [0.4, 0.5) is 11.4 Å². The van der Waals surface area contributed by atoms with Gasteiger partial charge in [0.05, 0.1) is 58.5 Å². The van der Waals surface area contributed by atoms with Gasteiger partial charge in [0.1, 0.15) is 11.5 Å². The molecule has 4 aliphatic carbocycles. The molecule has 8 aliphatic rings. The van der Waals surface area contributed by atoms with Gasteiger partial charge in [-0.15, -0.1) is 0 Å². The predicted octanol–water partition coefficient (Wildman–Crippen LogP) is 10.3. The predicted molar refractivity (Wildman–Crippen MR) is 344 cm³/mol. The Morgan fingerprint density at radius 1 is 0.580 bits per heavy atom. The SMILES string of the molecule is CC(C)(O)C[C@@H]1CC/C=C/[C@H](O)[C@@H]2CC[C@H]2CN2C[C@@]3(CCCc4cc(Cl)ccc43)COc3ccc(cc32)C(=O)NS1(=O)=O.CC(C)(O)C[C@H]1CC/C=C/[C@H](O)[C@@H]2CC[C@H]2CN2C[C@@]3(CCCc4cc(Cl)ccc43)COc3ccc(cc32)C(=O)NS1(=O)=O. The van der Waals surface area contributed by atoms with Crippen LogP contribution in [0, 0.1) is 23.7 Å². The number of aliphatic hydroxyl groups excluding tert-OH is 2. The molecule has 88 heavy (non-hydrogen) atoms. The average molecular weight is 1290 g/mol. The number of carbonyl (C=O) groups excluding carboxylic acids is 2. The fraction of sp³-hybridized carbons (Fsp3) is 0.559. The summed E-state index contributed by atoms with van der Waals surface area (Å²) in [6, 6.07) is 22.5. The molecule has 0 unspecified atom stereocenters. The van der Waals surface area contributed by atoms with E-state index in [0.29, 0.717) is 63.7 Å². The van der Waals surface area contributed by atoms with Crippen molar-refractivity contribution < 1.29 is 56.3 Å². The van der Waals surface area contributed by atoms with Crippen molar-refractivity contribution in [3.05, 3.63) is 141 Å². The van der Waals surface area contributed by atoms with Gasteiger partial charge in [-0.2, -0.15) is 0 Å². The van der Waals surface area contributed by atoms with Crippen LogP contribution in [0.15, 0.2) is 97.1 Å². The fourth-order valence-corrected chi connectivity index (χ4v) is 19.0. The maximum Gasteiger partial charge on any atom is 0.264 e. The van der Waals surface area contributed by atoms with E-state index in [0.717, 1.165) is 85.6 Å². The van der Waals surface area contributed by atoms with Gasteiger partial charge in [-0.25, -0.2) is 26.3 Å². The van der Waals surface area contributed by atoms with E-state index in [9.17, 15) is 46.9 Å². The third-order valence-electron chi connectivity index (χ3n) is 20.1. The molecule has 2 fully saturated rings. The van der Waals surface area contributed by atoms with E-state index >= 15 is 0 Å².